The van der Waals surface area contributed by atoms with Crippen LogP contribution >= 0.6 is 23.1 Å². The third-order valence-corrected chi connectivity index (χ3v) is 6.91. The number of benzene rings is 3. The molecule has 0 saturated heterocycles. The van der Waals surface area contributed by atoms with Gasteiger partial charge in [-0.3, -0.25) is 4.79 Å². The van der Waals surface area contributed by atoms with Gasteiger partial charge >= 0.3 is 0 Å². The van der Waals surface area contributed by atoms with Gasteiger partial charge in [0.2, 0.25) is 0 Å². The first-order valence-electron chi connectivity index (χ1n) is 9.56. The zero-order valence-corrected chi connectivity index (χ0v) is 18.4. The summed E-state index contributed by atoms with van der Waals surface area (Å²) in [6.07, 6.45) is 1.68. The number of para-hydroxylation sites is 1. The topological polar surface area (TPSA) is 54.4 Å². The number of amides is 1. The van der Waals surface area contributed by atoms with E-state index in [1.165, 1.54) is 4.70 Å². The molecule has 3 aromatic carbocycles. The Bertz CT molecular complexity index is 1180. The van der Waals surface area contributed by atoms with Gasteiger partial charge < -0.3 is 0 Å². The quantitative estimate of drug-likeness (QED) is 0.232. The van der Waals surface area contributed by atoms with Gasteiger partial charge in [-0.15, -0.1) is 11.3 Å². The van der Waals surface area contributed by atoms with E-state index in [0.29, 0.717) is 5.56 Å². The van der Waals surface area contributed by atoms with Gasteiger partial charge in [0.05, 0.1) is 16.4 Å². The molecule has 30 heavy (non-hydrogen) atoms. The zero-order chi connectivity index (χ0) is 20.9. The number of thioether (sulfide) groups is 1. The normalized spacial score (nSPS) is 11.3. The lowest BCUT2D eigenvalue weighted by Crippen LogP contribution is -2.17. The summed E-state index contributed by atoms with van der Waals surface area (Å²) in [5.74, 6) is 0.592. The highest BCUT2D eigenvalue weighted by Crippen LogP contribution is 2.31. The molecule has 150 valence electrons. The second-order valence-electron chi connectivity index (χ2n) is 6.99. The number of thiazole rings is 1. The van der Waals surface area contributed by atoms with Crippen LogP contribution in [0.5, 0.6) is 0 Å². The Morgan fingerprint density at radius 1 is 1.10 bits per heavy atom. The molecule has 0 aliphatic rings. The number of fused-ring (bicyclic) bond motifs is 1. The average molecular weight is 432 g/mol. The Kier molecular flexibility index (Phi) is 6.26. The van der Waals surface area contributed by atoms with E-state index < -0.39 is 0 Å². The molecule has 6 heteroatoms. The Balaban J connectivity index is 1.33. The van der Waals surface area contributed by atoms with Crippen molar-refractivity contribution in [2.45, 2.75) is 23.9 Å². The third-order valence-electron chi connectivity index (χ3n) is 4.66. The van der Waals surface area contributed by atoms with Crippen LogP contribution in [0.25, 0.3) is 10.2 Å². The van der Waals surface area contributed by atoms with Crippen LogP contribution in [0.15, 0.2) is 76.2 Å². The van der Waals surface area contributed by atoms with Crippen molar-refractivity contribution in [3.63, 3.8) is 0 Å². The Morgan fingerprint density at radius 3 is 2.70 bits per heavy atom. The first-order valence-corrected chi connectivity index (χ1v) is 11.4. The molecule has 0 saturated carbocycles. The second kappa shape index (κ2) is 9.24. The van der Waals surface area contributed by atoms with Crippen molar-refractivity contribution in [2.24, 2.45) is 5.10 Å². The molecular formula is C24H21N3OS2. The number of hydrogen-bond acceptors (Lipinski definition) is 5. The molecule has 0 radical (unpaired) electrons. The minimum absolute atomic E-state index is 0.220. The summed E-state index contributed by atoms with van der Waals surface area (Å²) in [4.78, 5) is 17.0. The fourth-order valence-electron chi connectivity index (χ4n) is 2.93. The Morgan fingerprint density at radius 2 is 1.90 bits per heavy atom. The van der Waals surface area contributed by atoms with E-state index in [1.54, 1.807) is 29.3 Å². The average Bonchev–Trinajstić information content (AvgIpc) is 3.18. The van der Waals surface area contributed by atoms with Crippen molar-refractivity contribution in [1.82, 2.24) is 10.4 Å². The van der Waals surface area contributed by atoms with Crippen molar-refractivity contribution in [3.05, 3.63) is 94.5 Å². The van der Waals surface area contributed by atoms with Crippen LogP contribution in [0.3, 0.4) is 0 Å². The van der Waals surface area contributed by atoms with E-state index in [0.717, 1.165) is 37.9 Å². The van der Waals surface area contributed by atoms with Gasteiger partial charge in [0.15, 0.2) is 4.34 Å². The van der Waals surface area contributed by atoms with Gasteiger partial charge in [0, 0.05) is 11.3 Å². The maximum absolute atomic E-state index is 12.3. The van der Waals surface area contributed by atoms with E-state index in [4.69, 9.17) is 0 Å². The van der Waals surface area contributed by atoms with Crippen LogP contribution in [-0.2, 0) is 5.75 Å². The monoisotopic (exact) mass is 431 g/mol. The first kappa shape index (κ1) is 20.3. The maximum Gasteiger partial charge on any atom is 0.271 e. The number of aromatic nitrogens is 1. The summed E-state index contributed by atoms with van der Waals surface area (Å²) in [7, 11) is 0. The highest BCUT2D eigenvalue weighted by atomic mass is 32.2. The summed E-state index contributed by atoms with van der Waals surface area (Å²) in [5.41, 5.74) is 8.65. The van der Waals surface area contributed by atoms with Crippen molar-refractivity contribution >= 4 is 45.4 Å². The smallest absolute Gasteiger partial charge is 0.267 e. The standard InChI is InChI=1S/C24H21N3OS2/c1-16-7-8-17(2)20(13-16)14-25-27-23(28)19-11-9-18(10-12-19)15-29-24-26-21-5-3-4-6-22(21)30-24/h3-14H,15H2,1-2H3,(H,27,28). The van der Waals surface area contributed by atoms with Crippen LogP contribution in [0.1, 0.15) is 32.6 Å². The van der Waals surface area contributed by atoms with Gasteiger partial charge in [-0.25, -0.2) is 10.4 Å². The lowest BCUT2D eigenvalue weighted by Gasteiger charge is -2.04. The van der Waals surface area contributed by atoms with E-state index >= 15 is 0 Å². The molecule has 1 amide bonds. The van der Waals surface area contributed by atoms with Crippen molar-refractivity contribution in [2.75, 3.05) is 0 Å². The molecular weight excluding hydrogens is 410 g/mol. The molecule has 0 aliphatic heterocycles. The number of aryl methyl sites for hydroxylation is 2. The molecule has 1 aromatic heterocycles. The summed E-state index contributed by atoms with van der Waals surface area (Å²) >= 11 is 3.42. The van der Waals surface area contributed by atoms with Gasteiger partial charge in [0.25, 0.3) is 5.91 Å². The minimum Gasteiger partial charge on any atom is -0.267 e. The van der Waals surface area contributed by atoms with Gasteiger partial charge in [0.1, 0.15) is 0 Å². The predicted octanol–water partition coefficient (Wildman–Crippen LogP) is 5.97. The summed E-state index contributed by atoms with van der Waals surface area (Å²) in [5, 5.41) is 4.10. The number of hydrogen-bond donors (Lipinski definition) is 1. The number of rotatable bonds is 6. The van der Waals surface area contributed by atoms with Crippen molar-refractivity contribution < 1.29 is 4.79 Å². The van der Waals surface area contributed by atoms with E-state index in [-0.39, 0.29) is 5.91 Å². The van der Waals surface area contributed by atoms with E-state index in [9.17, 15) is 4.79 Å². The maximum atomic E-state index is 12.3. The number of nitrogens with one attached hydrogen (secondary N) is 1. The van der Waals surface area contributed by atoms with Crippen LogP contribution in [0, 0.1) is 13.8 Å². The molecule has 1 N–H and O–H groups in total. The number of carbonyl (C=O) groups is 1. The molecule has 1 heterocycles. The molecule has 0 aliphatic carbocycles. The predicted molar refractivity (Wildman–Crippen MR) is 127 cm³/mol. The molecule has 4 aromatic rings. The largest absolute Gasteiger partial charge is 0.271 e. The molecule has 0 spiro atoms. The van der Waals surface area contributed by atoms with Crippen molar-refractivity contribution in [3.8, 4) is 0 Å². The number of carbonyl (C=O) groups excluding carboxylic acids is 1. The minimum atomic E-state index is -0.220. The zero-order valence-electron chi connectivity index (χ0n) is 16.8. The summed E-state index contributed by atoms with van der Waals surface area (Å²) < 4.78 is 2.26. The fourth-order valence-corrected chi connectivity index (χ4v) is 4.96. The Hall–Kier alpha value is -2.96. The van der Waals surface area contributed by atoms with Crippen LogP contribution < -0.4 is 5.43 Å². The number of hydrazone groups is 1. The highest BCUT2D eigenvalue weighted by molar-refractivity contribution is 8.00. The van der Waals surface area contributed by atoms with Gasteiger partial charge in [-0.2, -0.15) is 5.10 Å². The fraction of sp³-hybridized carbons (Fsp3) is 0.125. The number of nitrogens with zero attached hydrogens (tertiary/aromatic N) is 2. The highest BCUT2D eigenvalue weighted by Gasteiger charge is 2.07. The lowest BCUT2D eigenvalue weighted by atomic mass is 10.1. The lowest BCUT2D eigenvalue weighted by molar-refractivity contribution is 0.0955. The van der Waals surface area contributed by atoms with Gasteiger partial charge in [-0.05, 0) is 54.8 Å². The second-order valence-corrected chi connectivity index (χ2v) is 9.25. The van der Waals surface area contributed by atoms with Gasteiger partial charge in [-0.1, -0.05) is 59.8 Å². The SMILES string of the molecule is Cc1ccc(C)c(C=NNC(=O)c2ccc(CSc3nc4ccccc4s3)cc2)c1. The molecule has 4 nitrogen and oxygen atoms in total. The molecule has 0 fully saturated rings. The summed E-state index contributed by atoms with van der Waals surface area (Å²) in [6.45, 7) is 4.06. The Labute approximate surface area is 184 Å². The van der Waals surface area contributed by atoms with Crippen LogP contribution in [0.4, 0.5) is 0 Å². The molecule has 0 unspecified atom stereocenters. The van der Waals surface area contributed by atoms with E-state index in [2.05, 4.69) is 27.6 Å². The first-order chi connectivity index (χ1) is 14.6. The van der Waals surface area contributed by atoms with Crippen LogP contribution in [0.2, 0.25) is 0 Å². The van der Waals surface area contributed by atoms with E-state index in [1.807, 2.05) is 68.4 Å². The third kappa shape index (κ3) is 4.96. The molecule has 0 atom stereocenters. The van der Waals surface area contributed by atoms with Crippen LogP contribution in [-0.4, -0.2) is 17.1 Å². The summed E-state index contributed by atoms with van der Waals surface area (Å²) in [6, 6.07) is 21.9. The molecule has 0 bridgehead atoms. The van der Waals surface area contributed by atoms with Crippen molar-refractivity contribution in [1.29, 1.82) is 0 Å². The molecule has 4 rings (SSSR count).